The highest BCUT2D eigenvalue weighted by Gasteiger charge is 2.36. The van der Waals surface area contributed by atoms with E-state index in [-0.39, 0.29) is 0 Å². The molecule has 0 amide bonds. The number of nitrogens with one attached hydrogen (secondary N) is 1. The fraction of sp³-hybridized carbons (Fsp3) is 0.667. The van der Waals surface area contributed by atoms with Gasteiger partial charge in [-0.2, -0.15) is 0 Å². The maximum absolute atomic E-state index is 3.74. The molecular weight excluding hydrogens is 244 g/mol. The maximum atomic E-state index is 3.74. The van der Waals surface area contributed by atoms with Crippen molar-refractivity contribution in [2.24, 2.45) is 0 Å². The van der Waals surface area contributed by atoms with Gasteiger partial charge in [0.2, 0.25) is 0 Å². The van der Waals surface area contributed by atoms with Crippen LogP contribution >= 0.6 is 0 Å². The molecule has 3 unspecified atom stereocenters. The van der Waals surface area contributed by atoms with Crippen molar-refractivity contribution >= 4 is 0 Å². The van der Waals surface area contributed by atoms with Crippen molar-refractivity contribution in [3.63, 3.8) is 0 Å². The van der Waals surface area contributed by atoms with Crippen LogP contribution in [0.4, 0.5) is 0 Å². The summed E-state index contributed by atoms with van der Waals surface area (Å²) >= 11 is 0. The molecule has 0 saturated carbocycles. The molecule has 20 heavy (non-hydrogen) atoms. The van der Waals surface area contributed by atoms with Gasteiger partial charge in [-0.25, -0.2) is 0 Å². The number of nitrogens with zero attached hydrogens (tertiary/aromatic N) is 1. The van der Waals surface area contributed by atoms with Gasteiger partial charge in [-0.3, -0.25) is 4.90 Å². The molecule has 2 nitrogen and oxygen atoms in total. The average Bonchev–Trinajstić information content (AvgIpc) is 3.16. The summed E-state index contributed by atoms with van der Waals surface area (Å²) in [4.78, 5) is 2.81. The second kappa shape index (κ2) is 6.73. The predicted octanol–water partition coefficient (Wildman–Crippen LogP) is 3.74. The van der Waals surface area contributed by atoms with Gasteiger partial charge in [0.05, 0.1) is 0 Å². The summed E-state index contributed by atoms with van der Waals surface area (Å²) in [5.41, 5.74) is 1.51. The largest absolute Gasteiger partial charge is 0.312 e. The van der Waals surface area contributed by atoms with Gasteiger partial charge in [0.15, 0.2) is 0 Å². The third-order valence-corrected chi connectivity index (χ3v) is 5.05. The standard InChI is InChI=1S/C18H28N2/c1-2-8-17(15-9-4-3-5-10-15)20-14-7-12-18(20)16-11-6-13-19-16/h3-5,9-10,16-19H,2,6-8,11-14H2,1H3. The van der Waals surface area contributed by atoms with Crippen LogP contribution in [-0.4, -0.2) is 30.1 Å². The lowest BCUT2D eigenvalue weighted by molar-refractivity contribution is 0.144. The van der Waals surface area contributed by atoms with E-state index in [1.165, 1.54) is 57.2 Å². The maximum Gasteiger partial charge on any atom is 0.0351 e. The molecule has 1 N–H and O–H groups in total. The lowest BCUT2D eigenvalue weighted by Crippen LogP contribution is -2.45. The minimum absolute atomic E-state index is 0.621. The van der Waals surface area contributed by atoms with Crippen LogP contribution in [0.2, 0.25) is 0 Å². The molecule has 0 aliphatic carbocycles. The van der Waals surface area contributed by atoms with Crippen LogP contribution in [0.5, 0.6) is 0 Å². The zero-order chi connectivity index (χ0) is 13.8. The van der Waals surface area contributed by atoms with Crippen molar-refractivity contribution in [1.82, 2.24) is 10.2 Å². The predicted molar refractivity (Wildman–Crippen MR) is 84.8 cm³/mol. The van der Waals surface area contributed by atoms with Crippen molar-refractivity contribution < 1.29 is 0 Å². The minimum Gasteiger partial charge on any atom is -0.312 e. The Balaban J connectivity index is 1.79. The normalized spacial score (nSPS) is 28.9. The van der Waals surface area contributed by atoms with Crippen LogP contribution < -0.4 is 5.32 Å². The third kappa shape index (κ3) is 2.91. The monoisotopic (exact) mass is 272 g/mol. The highest BCUT2D eigenvalue weighted by atomic mass is 15.2. The Morgan fingerprint density at radius 1 is 1.20 bits per heavy atom. The molecule has 0 spiro atoms. The van der Waals surface area contributed by atoms with Gasteiger partial charge in [-0.15, -0.1) is 0 Å². The van der Waals surface area contributed by atoms with E-state index in [4.69, 9.17) is 0 Å². The summed E-state index contributed by atoms with van der Waals surface area (Å²) in [6.45, 7) is 4.82. The zero-order valence-corrected chi connectivity index (χ0v) is 12.7. The Morgan fingerprint density at radius 2 is 2.05 bits per heavy atom. The molecule has 0 aromatic heterocycles. The fourth-order valence-electron chi connectivity index (χ4n) is 4.15. The topological polar surface area (TPSA) is 15.3 Å². The average molecular weight is 272 g/mol. The van der Waals surface area contributed by atoms with Gasteiger partial charge in [0.1, 0.15) is 0 Å². The molecule has 0 bridgehead atoms. The van der Waals surface area contributed by atoms with Crippen molar-refractivity contribution in [3.05, 3.63) is 35.9 Å². The smallest absolute Gasteiger partial charge is 0.0351 e. The van der Waals surface area contributed by atoms with Crippen LogP contribution in [-0.2, 0) is 0 Å². The van der Waals surface area contributed by atoms with E-state index < -0.39 is 0 Å². The first-order valence-corrected chi connectivity index (χ1v) is 8.44. The van der Waals surface area contributed by atoms with E-state index in [9.17, 15) is 0 Å². The van der Waals surface area contributed by atoms with E-state index in [0.29, 0.717) is 6.04 Å². The Hall–Kier alpha value is -0.860. The molecule has 0 radical (unpaired) electrons. The Bertz CT molecular complexity index is 397. The molecule has 2 aliphatic heterocycles. The lowest BCUT2D eigenvalue weighted by Gasteiger charge is -2.36. The van der Waals surface area contributed by atoms with E-state index in [0.717, 1.165) is 12.1 Å². The van der Waals surface area contributed by atoms with Crippen LogP contribution in [0.1, 0.15) is 57.1 Å². The van der Waals surface area contributed by atoms with Gasteiger partial charge >= 0.3 is 0 Å². The highest BCUT2D eigenvalue weighted by Crippen LogP contribution is 2.35. The summed E-state index contributed by atoms with van der Waals surface area (Å²) in [5, 5.41) is 3.74. The SMILES string of the molecule is CCCC(c1ccccc1)N1CCCC1C1CCCN1. The zero-order valence-electron chi connectivity index (χ0n) is 12.7. The first-order valence-electron chi connectivity index (χ1n) is 8.44. The second-order valence-corrected chi connectivity index (χ2v) is 6.37. The summed E-state index contributed by atoms with van der Waals surface area (Å²) < 4.78 is 0. The third-order valence-electron chi connectivity index (χ3n) is 5.05. The first-order chi connectivity index (χ1) is 9.90. The molecule has 1 aromatic rings. The molecule has 110 valence electrons. The molecule has 3 rings (SSSR count). The van der Waals surface area contributed by atoms with Crippen molar-refractivity contribution in [2.75, 3.05) is 13.1 Å². The molecule has 2 aliphatic rings. The van der Waals surface area contributed by atoms with Crippen LogP contribution in [0, 0.1) is 0 Å². The van der Waals surface area contributed by atoms with E-state index >= 15 is 0 Å². The van der Waals surface area contributed by atoms with Crippen molar-refractivity contribution in [2.45, 2.75) is 63.6 Å². The molecule has 2 heteroatoms. The Labute approximate surface area is 123 Å². The Morgan fingerprint density at radius 3 is 2.75 bits per heavy atom. The summed E-state index contributed by atoms with van der Waals surface area (Å²) in [5.74, 6) is 0. The van der Waals surface area contributed by atoms with Crippen LogP contribution in [0.15, 0.2) is 30.3 Å². The first kappa shape index (κ1) is 14.1. The number of benzene rings is 1. The minimum atomic E-state index is 0.621. The fourth-order valence-corrected chi connectivity index (χ4v) is 4.15. The quantitative estimate of drug-likeness (QED) is 0.878. The Kier molecular flexibility index (Phi) is 4.74. The van der Waals surface area contributed by atoms with Gasteiger partial charge < -0.3 is 5.32 Å². The summed E-state index contributed by atoms with van der Waals surface area (Å²) in [7, 11) is 0. The van der Waals surface area contributed by atoms with E-state index in [2.05, 4.69) is 47.5 Å². The second-order valence-electron chi connectivity index (χ2n) is 6.37. The number of likely N-dealkylation sites (tertiary alicyclic amines) is 1. The molecule has 2 fully saturated rings. The summed E-state index contributed by atoms with van der Waals surface area (Å²) in [6.07, 6.45) is 8.03. The summed E-state index contributed by atoms with van der Waals surface area (Å²) in [6, 6.07) is 13.3. The molecule has 2 heterocycles. The molecule has 1 aromatic carbocycles. The van der Waals surface area contributed by atoms with Crippen LogP contribution in [0.25, 0.3) is 0 Å². The van der Waals surface area contributed by atoms with Gasteiger partial charge in [0, 0.05) is 18.1 Å². The van der Waals surface area contributed by atoms with Gasteiger partial charge in [-0.1, -0.05) is 43.7 Å². The molecule has 2 saturated heterocycles. The number of hydrogen-bond donors (Lipinski definition) is 1. The number of hydrogen-bond acceptors (Lipinski definition) is 2. The highest BCUT2D eigenvalue weighted by molar-refractivity contribution is 5.20. The molecule has 3 atom stereocenters. The van der Waals surface area contributed by atoms with Crippen LogP contribution in [0.3, 0.4) is 0 Å². The molecular formula is C18H28N2. The lowest BCUT2D eigenvalue weighted by atomic mass is 9.97. The van der Waals surface area contributed by atoms with E-state index in [1.54, 1.807) is 0 Å². The number of rotatable bonds is 5. The van der Waals surface area contributed by atoms with Crippen molar-refractivity contribution in [1.29, 1.82) is 0 Å². The van der Waals surface area contributed by atoms with E-state index in [1.807, 2.05) is 0 Å². The van der Waals surface area contributed by atoms with Gasteiger partial charge in [0.25, 0.3) is 0 Å². The van der Waals surface area contributed by atoms with Crippen molar-refractivity contribution in [3.8, 4) is 0 Å². The van der Waals surface area contributed by atoms with Gasteiger partial charge in [-0.05, 0) is 50.8 Å².